The molecule has 0 aliphatic carbocycles. The van der Waals surface area contributed by atoms with Crippen molar-refractivity contribution >= 4 is 35.6 Å². The molecule has 2 N–H and O–H groups in total. The summed E-state index contributed by atoms with van der Waals surface area (Å²) in [7, 11) is 1.81. The van der Waals surface area contributed by atoms with Crippen molar-refractivity contribution in [2.75, 3.05) is 25.5 Å². The lowest BCUT2D eigenvalue weighted by molar-refractivity contribution is -0.116. The van der Waals surface area contributed by atoms with Crippen molar-refractivity contribution in [1.82, 2.24) is 5.32 Å². The number of anilines is 1. The smallest absolute Gasteiger partial charge is 0.225 e. The Balaban J connectivity index is 0.00000324. The van der Waals surface area contributed by atoms with Gasteiger partial charge in [0, 0.05) is 18.0 Å². The van der Waals surface area contributed by atoms with Crippen LogP contribution in [0.25, 0.3) is 0 Å². The highest BCUT2D eigenvalue weighted by molar-refractivity contribution is 6.31. The molecule has 0 fully saturated rings. The Morgan fingerprint density at radius 1 is 1.42 bits per heavy atom. The van der Waals surface area contributed by atoms with Crippen LogP contribution in [0.1, 0.15) is 19.8 Å². The zero-order valence-electron chi connectivity index (χ0n) is 11.2. The first-order chi connectivity index (χ1) is 8.67. The summed E-state index contributed by atoms with van der Waals surface area (Å²) in [6, 6.07) is 5.21. The Kier molecular flexibility index (Phi) is 9.39. The monoisotopic (exact) mass is 306 g/mol. The normalized spacial score (nSPS) is 9.63. The van der Waals surface area contributed by atoms with Gasteiger partial charge in [-0.25, -0.2) is 0 Å². The van der Waals surface area contributed by atoms with Crippen LogP contribution in [0.5, 0.6) is 5.75 Å². The molecule has 4 nitrogen and oxygen atoms in total. The summed E-state index contributed by atoms with van der Waals surface area (Å²) in [6.07, 6.45) is 1.33. The number of nitrogens with one attached hydrogen (secondary N) is 2. The minimum absolute atomic E-state index is 0. The van der Waals surface area contributed by atoms with E-state index in [1.807, 2.05) is 14.0 Å². The molecule has 0 aliphatic heterocycles. The maximum Gasteiger partial charge on any atom is 0.225 e. The standard InChI is InChI=1S/C13H19ClN2O2.ClH/c1-3-8-18-12-5-4-10(14)9-11(12)16-13(17)6-7-15-2;/h4-5,9,15H,3,6-8H2,1-2H3,(H,16,17);1H. The first kappa shape index (κ1) is 18.0. The number of amides is 1. The first-order valence-electron chi connectivity index (χ1n) is 6.04. The average Bonchev–Trinajstić information content (AvgIpc) is 2.35. The summed E-state index contributed by atoms with van der Waals surface area (Å²) < 4.78 is 5.56. The Morgan fingerprint density at radius 2 is 2.16 bits per heavy atom. The summed E-state index contributed by atoms with van der Waals surface area (Å²) >= 11 is 5.92. The fraction of sp³-hybridized carbons (Fsp3) is 0.462. The van der Waals surface area contributed by atoms with Gasteiger partial charge in [-0.05, 0) is 31.7 Å². The van der Waals surface area contributed by atoms with E-state index in [0.29, 0.717) is 36.0 Å². The van der Waals surface area contributed by atoms with Crippen LogP contribution >= 0.6 is 24.0 Å². The van der Waals surface area contributed by atoms with Crippen LogP contribution in [0.3, 0.4) is 0 Å². The summed E-state index contributed by atoms with van der Waals surface area (Å²) in [5.41, 5.74) is 0.622. The second kappa shape index (κ2) is 9.89. The van der Waals surface area contributed by atoms with Crippen LogP contribution in [0, 0.1) is 0 Å². The van der Waals surface area contributed by atoms with E-state index in [-0.39, 0.29) is 18.3 Å². The Morgan fingerprint density at radius 3 is 2.79 bits per heavy atom. The molecule has 0 heterocycles. The molecule has 1 rings (SSSR count). The van der Waals surface area contributed by atoms with Crippen molar-refractivity contribution in [2.45, 2.75) is 19.8 Å². The van der Waals surface area contributed by atoms with Gasteiger partial charge in [0.05, 0.1) is 12.3 Å². The highest BCUT2D eigenvalue weighted by atomic mass is 35.5. The van der Waals surface area contributed by atoms with Gasteiger partial charge in [0.15, 0.2) is 0 Å². The SMILES string of the molecule is CCCOc1ccc(Cl)cc1NC(=O)CCNC.Cl. The second-order valence-electron chi connectivity index (χ2n) is 3.89. The largest absolute Gasteiger partial charge is 0.491 e. The molecule has 0 saturated carbocycles. The predicted molar refractivity (Wildman–Crippen MR) is 81.7 cm³/mol. The number of ether oxygens (including phenoxy) is 1. The summed E-state index contributed by atoms with van der Waals surface area (Å²) in [4.78, 5) is 11.7. The molecule has 6 heteroatoms. The molecule has 0 radical (unpaired) electrons. The zero-order chi connectivity index (χ0) is 13.4. The highest BCUT2D eigenvalue weighted by Gasteiger charge is 2.08. The van der Waals surface area contributed by atoms with E-state index >= 15 is 0 Å². The second-order valence-corrected chi connectivity index (χ2v) is 4.33. The van der Waals surface area contributed by atoms with Crippen LogP contribution in [-0.4, -0.2) is 26.1 Å². The number of hydrogen-bond donors (Lipinski definition) is 2. The lowest BCUT2D eigenvalue weighted by atomic mass is 10.2. The van der Waals surface area contributed by atoms with E-state index in [1.165, 1.54) is 0 Å². The quantitative estimate of drug-likeness (QED) is 0.814. The molecule has 0 aliphatic rings. The minimum Gasteiger partial charge on any atom is -0.491 e. The third kappa shape index (κ3) is 6.66. The van der Waals surface area contributed by atoms with Gasteiger partial charge in [-0.3, -0.25) is 4.79 Å². The van der Waals surface area contributed by atoms with Gasteiger partial charge in [0.2, 0.25) is 5.91 Å². The lowest BCUT2D eigenvalue weighted by Gasteiger charge is -2.12. The van der Waals surface area contributed by atoms with E-state index in [0.717, 1.165) is 6.42 Å². The van der Waals surface area contributed by atoms with Crippen LogP contribution in [0.4, 0.5) is 5.69 Å². The average molecular weight is 307 g/mol. The van der Waals surface area contributed by atoms with Gasteiger partial charge in [0.25, 0.3) is 0 Å². The van der Waals surface area contributed by atoms with Gasteiger partial charge in [0.1, 0.15) is 5.75 Å². The van der Waals surface area contributed by atoms with Crippen molar-refractivity contribution in [3.8, 4) is 5.75 Å². The fourth-order valence-corrected chi connectivity index (χ4v) is 1.56. The van der Waals surface area contributed by atoms with E-state index < -0.39 is 0 Å². The van der Waals surface area contributed by atoms with Gasteiger partial charge in [-0.2, -0.15) is 0 Å². The van der Waals surface area contributed by atoms with E-state index in [9.17, 15) is 4.79 Å². The van der Waals surface area contributed by atoms with Crippen molar-refractivity contribution in [3.63, 3.8) is 0 Å². The first-order valence-corrected chi connectivity index (χ1v) is 6.42. The van der Waals surface area contributed by atoms with E-state index in [4.69, 9.17) is 16.3 Å². The third-order valence-electron chi connectivity index (χ3n) is 2.28. The zero-order valence-corrected chi connectivity index (χ0v) is 12.7. The predicted octanol–water partition coefficient (Wildman–Crippen LogP) is 3.10. The molecule has 108 valence electrons. The summed E-state index contributed by atoms with van der Waals surface area (Å²) in [5.74, 6) is 0.590. The molecular formula is C13H20Cl2N2O2. The van der Waals surface area contributed by atoms with Gasteiger partial charge in [-0.15, -0.1) is 12.4 Å². The lowest BCUT2D eigenvalue weighted by Crippen LogP contribution is -2.19. The number of benzene rings is 1. The Hall–Kier alpha value is -0.970. The van der Waals surface area contributed by atoms with E-state index in [1.54, 1.807) is 18.2 Å². The molecular weight excluding hydrogens is 287 g/mol. The topological polar surface area (TPSA) is 50.4 Å². The third-order valence-corrected chi connectivity index (χ3v) is 2.51. The molecule has 1 aromatic rings. The van der Waals surface area contributed by atoms with Crippen molar-refractivity contribution < 1.29 is 9.53 Å². The van der Waals surface area contributed by atoms with Gasteiger partial charge < -0.3 is 15.4 Å². The molecule has 0 atom stereocenters. The summed E-state index contributed by atoms with van der Waals surface area (Å²) in [5, 5.41) is 6.31. The Bertz CT molecular complexity index is 400. The molecule has 0 spiro atoms. The summed E-state index contributed by atoms with van der Waals surface area (Å²) in [6.45, 7) is 3.28. The highest BCUT2D eigenvalue weighted by Crippen LogP contribution is 2.28. The van der Waals surface area contributed by atoms with Crippen LogP contribution in [0.15, 0.2) is 18.2 Å². The maximum absolute atomic E-state index is 11.7. The molecule has 1 amide bonds. The number of hydrogen-bond acceptors (Lipinski definition) is 3. The molecule has 0 unspecified atom stereocenters. The molecule has 19 heavy (non-hydrogen) atoms. The maximum atomic E-state index is 11.7. The van der Waals surface area contributed by atoms with Crippen LogP contribution in [0.2, 0.25) is 5.02 Å². The number of rotatable bonds is 7. The molecule has 1 aromatic carbocycles. The fourth-order valence-electron chi connectivity index (χ4n) is 1.39. The molecule has 0 bridgehead atoms. The van der Waals surface area contributed by atoms with Gasteiger partial charge >= 0.3 is 0 Å². The number of carbonyl (C=O) groups excluding carboxylic acids is 1. The molecule has 0 aromatic heterocycles. The number of halogens is 2. The Labute approximate surface area is 125 Å². The van der Waals surface area contributed by atoms with Gasteiger partial charge in [-0.1, -0.05) is 18.5 Å². The van der Waals surface area contributed by atoms with Crippen molar-refractivity contribution in [2.24, 2.45) is 0 Å². The van der Waals surface area contributed by atoms with Crippen molar-refractivity contribution in [1.29, 1.82) is 0 Å². The van der Waals surface area contributed by atoms with Crippen molar-refractivity contribution in [3.05, 3.63) is 23.2 Å². The number of carbonyl (C=O) groups is 1. The minimum atomic E-state index is -0.0621. The van der Waals surface area contributed by atoms with E-state index in [2.05, 4.69) is 10.6 Å². The van der Waals surface area contributed by atoms with Crippen LogP contribution < -0.4 is 15.4 Å². The van der Waals surface area contributed by atoms with Crippen LogP contribution in [-0.2, 0) is 4.79 Å². The molecule has 0 saturated heterocycles.